The summed E-state index contributed by atoms with van der Waals surface area (Å²) in [4.78, 5) is 16.9. The summed E-state index contributed by atoms with van der Waals surface area (Å²) in [6.07, 6.45) is 3.42. The van der Waals surface area contributed by atoms with Gasteiger partial charge in [0.15, 0.2) is 12.0 Å². The molecule has 0 N–H and O–H groups in total. The molecule has 4 heteroatoms. The minimum absolute atomic E-state index is 0.378. The zero-order valence-corrected chi connectivity index (χ0v) is 10.4. The standard InChI is InChI=1S/C14H16N2O2/c1-16(9-7-12-4-2-3-8-15-12)10-13-5-6-14(11-17)18-13/h2-6,8,11H,7,9-10H2,1H3. The van der Waals surface area contributed by atoms with Crippen molar-refractivity contribution in [2.45, 2.75) is 13.0 Å². The molecule has 0 amide bonds. The van der Waals surface area contributed by atoms with E-state index >= 15 is 0 Å². The highest BCUT2D eigenvalue weighted by molar-refractivity contribution is 5.70. The number of carbonyl (C=O) groups is 1. The van der Waals surface area contributed by atoms with Gasteiger partial charge in [-0.3, -0.25) is 14.7 Å². The van der Waals surface area contributed by atoms with Gasteiger partial charge >= 0.3 is 0 Å². The second-order valence-electron chi connectivity index (χ2n) is 4.23. The van der Waals surface area contributed by atoms with Gasteiger partial charge in [0.05, 0.1) is 6.54 Å². The van der Waals surface area contributed by atoms with Crippen LogP contribution in [0.5, 0.6) is 0 Å². The zero-order valence-electron chi connectivity index (χ0n) is 10.4. The first-order valence-corrected chi connectivity index (χ1v) is 5.90. The number of rotatable bonds is 6. The fourth-order valence-corrected chi connectivity index (χ4v) is 1.74. The van der Waals surface area contributed by atoms with Gasteiger partial charge in [0, 0.05) is 24.9 Å². The molecule has 0 bridgehead atoms. The smallest absolute Gasteiger partial charge is 0.185 e. The molecule has 2 aromatic rings. The summed E-state index contributed by atoms with van der Waals surface area (Å²) < 4.78 is 5.33. The van der Waals surface area contributed by atoms with E-state index in [1.807, 2.05) is 31.3 Å². The average molecular weight is 244 g/mol. The molecule has 4 nitrogen and oxygen atoms in total. The Bertz CT molecular complexity index is 494. The summed E-state index contributed by atoms with van der Waals surface area (Å²) >= 11 is 0. The second kappa shape index (κ2) is 6.12. The molecule has 0 unspecified atom stereocenters. The van der Waals surface area contributed by atoms with Crippen molar-refractivity contribution in [1.82, 2.24) is 9.88 Å². The van der Waals surface area contributed by atoms with Crippen molar-refractivity contribution in [2.75, 3.05) is 13.6 Å². The predicted octanol–water partition coefficient (Wildman–Crippen LogP) is 2.16. The quantitative estimate of drug-likeness (QED) is 0.730. The van der Waals surface area contributed by atoms with E-state index < -0.39 is 0 Å². The highest BCUT2D eigenvalue weighted by Gasteiger charge is 2.05. The lowest BCUT2D eigenvalue weighted by atomic mass is 10.2. The van der Waals surface area contributed by atoms with E-state index in [2.05, 4.69) is 9.88 Å². The molecule has 94 valence electrons. The van der Waals surface area contributed by atoms with Crippen LogP contribution in [0.25, 0.3) is 0 Å². The summed E-state index contributed by atoms with van der Waals surface area (Å²) in [5, 5.41) is 0. The van der Waals surface area contributed by atoms with E-state index in [-0.39, 0.29) is 0 Å². The number of likely N-dealkylation sites (N-methyl/N-ethyl adjacent to an activating group) is 1. The van der Waals surface area contributed by atoms with Crippen molar-refractivity contribution in [2.24, 2.45) is 0 Å². The molecule has 2 rings (SSSR count). The van der Waals surface area contributed by atoms with Gasteiger partial charge in [0.25, 0.3) is 0 Å². The van der Waals surface area contributed by atoms with Gasteiger partial charge in [0.2, 0.25) is 0 Å². The highest BCUT2D eigenvalue weighted by Crippen LogP contribution is 2.08. The topological polar surface area (TPSA) is 46.3 Å². The maximum absolute atomic E-state index is 10.5. The lowest BCUT2D eigenvalue weighted by molar-refractivity contribution is 0.109. The Morgan fingerprint density at radius 3 is 2.89 bits per heavy atom. The van der Waals surface area contributed by atoms with Crippen molar-refractivity contribution < 1.29 is 9.21 Å². The number of aromatic nitrogens is 1. The first-order valence-electron chi connectivity index (χ1n) is 5.90. The Hall–Kier alpha value is -1.94. The van der Waals surface area contributed by atoms with Gasteiger partial charge in [-0.25, -0.2) is 0 Å². The number of hydrogen-bond acceptors (Lipinski definition) is 4. The summed E-state index contributed by atoms with van der Waals surface area (Å²) in [5.74, 6) is 1.18. The summed E-state index contributed by atoms with van der Waals surface area (Å²) in [5.41, 5.74) is 1.08. The summed E-state index contributed by atoms with van der Waals surface area (Å²) in [6.45, 7) is 1.59. The van der Waals surface area contributed by atoms with Crippen LogP contribution in [0.2, 0.25) is 0 Å². The van der Waals surface area contributed by atoms with E-state index in [4.69, 9.17) is 4.42 Å². The first-order chi connectivity index (χ1) is 8.78. The number of hydrogen-bond donors (Lipinski definition) is 0. The second-order valence-corrected chi connectivity index (χ2v) is 4.23. The van der Waals surface area contributed by atoms with E-state index in [0.717, 1.165) is 30.7 Å². The number of furan rings is 1. The fraction of sp³-hybridized carbons (Fsp3) is 0.286. The minimum Gasteiger partial charge on any atom is -0.457 e. The van der Waals surface area contributed by atoms with Gasteiger partial charge < -0.3 is 4.42 Å². The van der Waals surface area contributed by atoms with Crippen LogP contribution in [-0.4, -0.2) is 29.8 Å². The molecular weight excluding hydrogens is 228 g/mol. The SMILES string of the molecule is CN(CCc1ccccn1)Cc1ccc(C=O)o1. The van der Waals surface area contributed by atoms with Gasteiger partial charge in [-0.05, 0) is 31.3 Å². The number of aldehydes is 1. The monoisotopic (exact) mass is 244 g/mol. The Balaban J connectivity index is 1.81. The predicted molar refractivity (Wildman–Crippen MR) is 68.4 cm³/mol. The molecule has 2 heterocycles. The van der Waals surface area contributed by atoms with E-state index in [0.29, 0.717) is 12.3 Å². The van der Waals surface area contributed by atoms with Crippen molar-refractivity contribution >= 4 is 6.29 Å². The molecule has 0 aliphatic heterocycles. The van der Waals surface area contributed by atoms with Gasteiger partial charge in [0.1, 0.15) is 5.76 Å². The zero-order chi connectivity index (χ0) is 12.8. The first kappa shape index (κ1) is 12.5. The number of nitrogens with zero attached hydrogens (tertiary/aromatic N) is 2. The average Bonchev–Trinajstić information content (AvgIpc) is 2.85. The maximum Gasteiger partial charge on any atom is 0.185 e. The summed E-state index contributed by atoms with van der Waals surface area (Å²) in [7, 11) is 2.02. The van der Waals surface area contributed by atoms with Gasteiger partial charge in [-0.15, -0.1) is 0 Å². The van der Waals surface area contributed by atoms with Crippen molar-refractivity contribution in [3.8, 4) is 0 Å². The molecule has 0 aliphatic rings. The van der Waals surface area contributed by atoms with Crippen LogP contribution < -0.4 is 0 Å². The molecule has 18 heavy (non-hydrogen) atoms. The molecular formula is C14H16N2O2. The molecule has 0 aliphatic carbocycles. The van der Waals surface area contributed by atoms with Crippen LogP contribution >= 0.6 is 0 Å². The third kappa shape index (κ3) is 3.53. The molecule has 0 saturated carbocycles. The molecule has 0 aromatic carbocycles. The molecule has 0 fully saturated rings. The van der Waals surface area contributed by atoms with Crippen molar-refractivity contribution in [3.05, 3.63) is 53.7 Å². The van der Waals surface area contributed by atoms with Gasteiger partial charge in [-0.2, -0.15) is 0 Å². The highest BCUT2D eigenvalue weighted by atomic mass is 16.3. The largest absolute Gasteiger partial charge is 0.457 e. The lowest BCUT2D eigenvalue weighted by Crippen LogP contribution is -2.20. The van der Waals surface area contributed by atoms with Crippen LogP contribution in [0.4, 0.5) is 0 Å². The minimum atomic E-state index is 0.378. The Morgan fingerprint density at radius 1 is 1.33 bits per heavy atom. The fourth-order valence-electron chi connectivity index (χ4n) is 1.74. The Kier molecular flexibility index (Phi) is 4.25. The van der Waals surface area contributed by atoms with Gasteiger partial charge in [-0.1, -0.05) is 6.07 Å². The van der Waals surface area contributed by atoms with Crippen LogP contribution in [0, 0.1) is 0 Å². The van der Waals surface area contributed by atoms with E-state index in [1.54, 1.807) is 12.3 Å². The van der Waals surface area contributed by atoms with E-state index in [1.165, 1.54) is 0 Å². The van der Waals surface area contributed by atoms with E-state index in [9.17, 15) is 4.79 Å². The molecule has 0 atom stereocenters. The molecule has 0 spiro atoms. The van der Waals surface area contributed by atoms with Crippen LogP contribution in [0.1, 0.15) is 22.0 Å². The molecule has 2 aromatic heterocycles. The Morgan fingerprint density at radius 2 is 2.22 bits per heavy atom. The van der Waals surface area contributed by atoms with Crippen LogP contribution in [-0.2, 0) is 13.0 Å². The molecule has 0 radical (unpaired) electrons. The van der Waals surface area contributed by atoms with Crippen molar-refractivity contribution in [3.63, 3.8) is 0 Å². The third-order valence-electron chi connectivity index (χ3n) is 2.70. The van der Waals surface area contributed by atoms with Crippen LogP contribution in [0.3, 0.4) is 0 Å². The number of pyridine rings is 1. The Labute approximate surface area is 106 Å². The summed E-state index contributed by atoms with van der Waals surface area (Å²) in [6, 6.07) is 9.45. The normalized spacial score (nSPS) is 10.8. The molecule has 0 saturated heterocycles. The number of carbonyl (C=O) groups excluding carboxylic acids is 1. The van der Waals surface area contributed by atoms with Crippen molar-refractivity contribution in [1.29, 1.82) is 0 Å². The lowest BCUT2D eigenvalue weighted by Gasteiger charge is -2.14. The third-order valence-corrected chi connectivity index (χ3v) is 2.70. The van der Waals surface area contributed by atoms with Crippen LogP contribution in [0.15, 0.2) is 40.9 Å². The maximum atomic E-state index is 10.5.